The van der Waals surface area contributed by atoms with E-state index in [0.29, 0.717) is 5.88 Å². The minimum atomic E-state index is 0.630. The van der Waals surface area contributed by atoms with E-state index in [1.165, 1.54) is 5.69 Å². The molecule has 1 aliphatic rings. The van der Waals surface area contributed by atoms with E-state index < -0.39 is 0 Å². The summed E-state index contributed by atoms with van der Waals surface area (Å²) in [6.45, 7) is 5.21. The first-order chi connectivity index (χ1) is 12.7. The smallest absolute Gasteiger partial charge is 0.224 e. The Morgan fingerprint density at radius 1 is 1.08 bits per heavy atom. The molecule has 0 N–H and O–H groups in total. The lowest BCUT2D eigenvalue weighted by atomic mass is 10.2. The van der Waals surface area contributed by atoms with Gasteiger partial charge in [0, 0.05) is 64.3 Å². The van der Waals surface area contributed by atoms with E-state index in [9.17, 15) is 0 Å². The van der Waals surface area contributed by atoms with Gasteiger partial charge in [-0.3, -0.25) is 4.90 Å². The van der Waals surface area contributed by atoms with E-state index in [0.717, 1.165) is 55.9 Å². The molecule has 26 heavy (non-hydrogen) atoms. The maximum atomic E-state index is 5.38. The van der Waals surface area contributed by atoms with Crippen molar-refractivity contribution < 1.29 is 4.74 Å². The van der Waals surface area contributed by atoms with Crippen LogP contribution in [-0.2, 0) is 13.5 Å². The van der Waals surface area contributed by atoms with Crippen LogP contribution in [-0.4, -0.2) is 64.3 Å². The molecule has 136 valence electrons. The number of benzene rings is 1. The molecular weight excluding hydrogens is 328 g/mol. The van der Waals surface area contributed by atoms with Crippen molar-refractivity contribution in [2.24, 2.45) is 7.05 Å². The van der Waals surface area contributed by atoms with E-state index in [4.69, 9.17) is 4.74 Å². The summed E-state index contributed by atoms with van der Waals surface area (Å²) in [6.07, 6.45) is 6.41. The molecule has 0 atom stereocenters. The average Bonchev–Trinajstić information content (AvgIpc) is 3.10. The quantitative estimate of drug-likeness (QED) is 0.697. The number of nitrogens with zero attached hydrogens (tertiary/aromatic N) is 6. The molecule has 0 amide bonds. The second-order valence-corrected chi connectivity index (χ2v) is 6.62. The summed E-state index contributed by atoms with van der Waals surface area (Å²) in [6, 6.07) is 6.32. The Labute approximate surface area is 153 Å². The summed E-state index contributed by atoms with van der Waals surface area (Å²) in [5.74, 6) is 1.78. The number of hydrogen-bond acceptors (Lipinski definition) is 6. The highest BCUT2D eigenvalue weighted by molar-refractivity contribution is 5.86. The molecule has 7 nitrogen and oxygen atoms in total. The van der Waals surface area contributed by atoms with Crippen LogP contribution in [0.4, 0.5) is 5.69 Å². The van der Waals surface area contributed by atoms with Gasteiger partial charge in [-0.15, -0.1) is 0 Å². The zero-order valence-electron chi connectivity index (χ0n) is 15.3. The van der Waals surface area contributed by atoms with Crippen molar-refractivity contribution >= 4 is 16.6 Å². The van der Waals surface area contributed by atoms with Gasteiger partial charge in [0.15, 0.2) is 0 Å². The lowest BCUT2D eigenvalue weighted by molar-refractivity contribution is 0.259. The highest BCUT2D eigenvalue weighted by atomic mass is 16.5. The Balaban J connectivity index is 1.40. The summed E-state index contributed by atoms with van der Waals surface area (Å²) < 4.78 is 7.48. The van der Waals surface area contributed by atoms with Gasteiger partial charge in [-0.05, 0) is 18.2 Å². The number of piperazine rings is 1. The fourth-order valence-corrected chi connectivity index (χ4v) is 3.51. The van der Waals surface area contributed by atoms with Gasteiger partial charge in [-0.25, -0.2) is 15.0 Å². The number of ether oxygens (including phenoxy) is 1. The highest BCUT2D eigenvalue weighted by Gasteiger charge is 2.18. The molecule has 7 heteroatoms. The van der Waals surface area contributed by atoms with Crippen LogP contribution in [0.1, 0.15) is 5.82 Å². The monoisotopic (exact) mass is 352 g/mol. The average molecular weight is 352 g/mol. The van der Waals surface area contributed by atoms with Crippen LogP contribution >= 0.6 is 0 Å². The third-order valence-corrected chi connectivity index (χ3v) is 5.09. The minimum absolute atomic E-state index is 0.630. The third-order valence-electron chi connectivity index (χ3n) is 5.09. The van der Waals surface area contributed by atoms with Gasteiger partial charge in [0.2, 0.25) is 5.88 Å². The Hall–Kier alpha value is -2.67. The van der Waals surface area contributed by atoms with Crippen LogP contribution in [0, 0.1) is 0 Å². The minimum Gasteiger partial charge on any atom is -0.480 e. The summed E-state index contributed by atoms with van der Waals surface area (Å²) in [4.78, 5) is 17.9. The number of aromatic nitrogens is 4. The van der Waals surface area contributed by atoms with E-state index in [-0.39, 0.29) is 0 Å². The van der Waals surface area contributed by atoms with Gasteiger partial charge in [-0.2, -0.15) is 0 Å². The largest absolute Gasteiger partial charge is 0.480 e. The van der Waals surface area contributed by atoms with Gasteiger partial charge in [0.05, 0.1) is 18.0 Å². The van der Waals surface area contributed by atoms with Crippen molar-refractivity contribution in [1.82, 2.24) is 24.4 Å². The van der Waals surface area contributed by atoms with E-state index in [1.54, 1.807) is 13.4 Å². The molecule has 3 aromatic rings. The van der Waals surface area contributed by atoms with E-state index >= 15 is 0 Å². The van der Waals surface area contributed by atoms with Gasteiger partial charge in [0.25, 0.3) is 0 Å². The second kappa shape index (κ2) is 7.29. The van der Waals surface area contributed by atoms with Crippen molar-refractivity contribution in [1.29, 1.82) is 0 Å². The molecule has 3 heterocycles. The van der Waals surface area contributed by atoms with Gasteiger partial charge >= 0.3 is 0 Å². The maximum absolute atomic E-state index is 5.38. The molecule has 0 aliphatic carbocycles. The normalized spacial score (nSPS) is 15.5. The molecular formula is C19H24N6O. The zero-order valence-corrected chi connectivity index (χ0v) is 15.3. The maximum Gasteiger partial charge on any atom is 0.224 e. The number of rotatable bonds is 5. The summed E-state index contributed by atoms with van der Waals surface area (Å²) >= 11 is 0. The third kappa shape index (κ3) is 3.35. The first-order valence-corrected chi connectivity index (χ1v) is 8.97. The molecule has 1 fully saturated rings. The number of anilines is 1. The van der Waals surface area contributed by atoms with Gasteiger partial charge in [0.1, 0.15) is 12.2 Å². The van der Waals surface area contributed by atoms with Crippen molar-refractivity contribution in [2.45, 2.75) is 6.42 Å². The second-order valence-electron chi connectivity index (χ2n) is 6.62. The number of methoxy groups -OCH3 is 1. The highest BCUT2D eigenvalue weighted by Crippen LogP contribution is 2.27. The predicted molar refractivity (Wildman–Crippen MR) is 102 cm³/mol. The summed E-state index contributed by atoms with van der Waals surface area (Å²) in [7, 11) is 3.70. The van der Waals surface area contributed by atoms with Gasteiger partial charge < -0.3 is 14.2 Å². The van der Waals surface area contributed by atoms with Crippen LogP contribution in [0.3, 0.4) is 0 Å². The first kappa shape index (κ1) is 16.8. The summed E-state index contributed by atoms with van der Waals surface area (Å²) in [5, 5.41) is 0.963. The van der Waals surface area contributed by atoms with Crippen molar-refractivity contribution in [2.75, 3.05) is 44.7 Å². The standard InChI is InChI=1S/C19H24N6O/c1-23-8-6-20-18(23)5-7-24-9-11-25(12-10-24)15-3-4-17-16(13-15)19(26-2)22-14-21-17/h3-4,6,8,13-14H,5,7,9-12H2,1-2H3. The molecule has 2 aromatic heterocycles. The lowest BCUT2D eigenvalue weighted by Gasteiger charge is -2.36. The van der Waals surface area contributed by atoms with E-state index in [2.05, 4.69) is 48.5 Å². The van der Waals surface area contributed by atoms with E-state index in [1.807, 2.05) is 18.5 Å². The molecule has 0 saturated carbocycles. The molecule has 4 rings (SSSR count). The number of hydrogen-bond donors (Lipinski definition) is 0. The molecule has 0 unspecified atom stereocenters. The van der Waals surface area contributed by atoms with Crippen molar-refractivity contribution in [3.63, 3.8) is 0 Å². The molecule has 1 aromatic carbocycles. The zero-order chi connectivity index (χ0) is 17.9. The van der Waals surface area contributed by atoms with Crippen molar-refractivity contribution in [3.8, 4) is 5.88 Å². The lowest BCUT2D eigenvalue weighted by Crippen LogP contribution is -2.47. The van der Waals surface area contributed by atoms with Crippen LogP contribution in [0.15, 0.2) is 36.9 Å². The fourth-order valence-electron chi connectivity index (χ4n) is 3.51. The molecule has 0 radical (unpaired) electrons. The van der Waals surface area contributed by atoms with Crippen LogP contribution < -0.4 is 9.64 Å². The number of aryl methyl sites for hydroxylation is 1. The molecule has 0 spiro atoms. The van der Waals surface area contributed by atoms with Crippen LogP contribution in [0.25, 0.3) is 10.9 Å². The Morgan fingerprint density at radius 2 is 1.92 bits per heavy atom. The number of imidazole rings is 1. The molecule has 0 bridgehead atoms. The predicted octanol–water partition coefficient (Wildman–Crippen LogP) is 1.74. The summed E-state index contributed by atoms with van der Waals surface area (Å²) in [5.41, 5.74) is 2.11. The molecule has 1 saturated heterocycles. The Bertz CT molecular complexity index is 885. The Kier molecular flexibility index (Phi) is 4.71. The Morgan fingerprint density at radius 3 is 2.65 bits per heavy atom. The number of fused-ring (bicyclic) bond motifs is 1. The first-order valence-electron chi connectivity index (χ1n) is 8.97. The SMILES string of the molecule is COc1ncnc2ccc(N3CCN(CCc4nccn4C)CC3)cc12. The molecule has 1 aliphatic heterocycles. The fraction of sp³-hybridized carbons (Fsp3) is 0.421. The van der Waals surface area contributed by atoms with Crippen LogP contribution in [0.2, 0.25) is 0 Å². The van der Waals surface area contributed by atoms with Crippen LogP contribution in [0.5, 0.6) is 5.88 Å². The van der Waals surface area contributed by atoms with Crippen molar-refractivity contribution in [3.05, 3.63) is 42.7 Å². The topological polar surface area (TPSA) is 59.3 Å². The van der Waals surface area contributed by atoms with Gasteiger partial charge in [-0.1, -0.05) is 0 Å².